The van der Waals surface area contributed by atoms with E-state index in [1.807, 2.05) is 48.5 Å². The van der Waals surface area contributed by atoms with E-state index >= 15 is 0 Å². The van der Waals surface area contributed by atoms with E-state index in [9.17, 15) is 4.79 Å². The van der Waals surface area contributed by atoms with Gasteiger partial charge < -0.3 is 22.6 Å². The van der Waals surface area contributed by atoms with Gasteiger partial charge in [-0.15, -0.1) is 0 Å². The summed E-state index contributed by atoms with van der Waals surface area (Å²) in [5.41, 5.74) is 2.11. The molecular formula is C27H38NO3P. The van der Waals surface area contributed by atoms with Crippen LogP contribution in [0.25, 0.3) is 0 Å². The Hall–Kier alpha value is -1.90. The molecule has 2 aromatic rings. The topological polar surface area (TPSA) is 35.5 Å². The summed E-state index contributed by atoms with van der Waals surface area (Å²) >= 11 is 0. The Bertz CT molecular complexity index is 822. The Labute approximate surface area is 195 Å². The lowest BCUT2D eigenvalue weighted by molar-refractivity contribution is -0.928. The zero-order valence-corrected chi connectivity index (χ0v) is 20.9. The third-order valence-electron chi connectivity index (χ3n) is 6.37. The van der Waals surface area contributed by atoms with Crippen molar-refractivity contribution in [2.24, 2.45) is 0 Å². The molecule has 0 aliphatic carbocycles. The smallest absolute Gasteiger partial charge is 0.286 e. The molecule has 3 rings (SSSR count). The maximum Gasteiger partial charge on any atom is 0.286 e. The van der Waals surface area contributed by atoms with Crippen LogP contribution in [-0.2, 0) is 9.32 Å². The van der Waals surface area contributed by atoms with Gasteiger partial charge >= 0.3 is 0 Å². The normalized spacial score (nSPS) is 14.6. The van der Waals surface area contributed by atoms with Gasteiger partial charge in [0.25, 0.3) is 5.97 Å². The molecule has 0 bridgehead atoms. The SMILES string of the molecule is CCC[N+](CCC)(CCC)CC(CC)[P-]OC(=O)C1c2ccccc2Oc2ccccc21. The van der Waals surface area contributed by atoms with Crippen LogP contribution in [0.2, 0.25) is 0 Å². The molecule has 0 saturated heterocycles. The molecule has 174 valence electrons. The van der Waals surface area contributed by atoms with Gasteiger partial charge in [-0.3, -0.25) is 4.79 Å². The molecule has 0 fully saturated rings. The number of fused-ring (bicyclic) bond motifs is 2. The highest BCUT2D eigenvalue weighted by Gasteiger charge is 2.32. The summed E-state index contributed by atoms with van der Waals surface area (Å²) in [6.45, 7) is 13.7. The molecule has 0 saturated carbocycles. The number of nitrogens with zero attached hydrogens (tertiary/aromatic N) is 1. The number of carbonyl (C=O) groups excluding carboxylic acids is 1. The maximum atomic E-state index is 13.4. The quantitative estimate of drug-likeness (QED) is 0.252. The summed E-state index contributed by atoms with van der Waals surface area (Å²) in [7, 11) is 0.777. The highest BCUT2D eigenvalue weighted by Crippen LogP contribution is 2.45. The minimum absolute atomic E-state index is 0.187. The first-order valence-electron chi connectivity index (χ1n) is 12.2. The molecule has 2 aromatic carbocycles. The number of hydrogen-bond donors (Lipinski definition) is 0. The molecule has 4 nitrogen and oxygen atoms in total. The van der Waals surface area contributed by atoms with Crippen molar-refractivity contribution >= 4 is 14.8 Å². The van der Waals surface area contributed by atoms with Crippen LogP contribution in [0.15, 0.2) is 48.5 Å². The minimum Gasteiger partial charge on any atom is -0.644 e. The Morgan fingerprint density at radius 3 is 1.88 bits per heavy atom. The fraction of sp³-hybridized carbons (Fsp3) is 0.519. The number of quaternary nitrogens is 1. The molecule has 32 heavy (non-hydrogen) atoms. The van der Waals surface area contributed by atoms with Gasteiger partial charge in [-0.1, -0.05) is 76.2 Å². The van der Waals surface area contributed by atoms with Crippen LogP contribution >= 0.6 is 8.81 Å². The number of benzene rings is 2. The van der Waals surface area contributed by atoms with Crippen LogP contribution in [0.4, 0.5) is 0 Å². The van der Waals surface area contributed by atoms with Gasteiger partial charge in [-0.2, -0.15) is 0 Å². The van der Waals surface area contributed by atoms with Crippen LogP contribution < -0.4 is 4.74 Å². The Balaban J connectivity index is 1.76. The lowest BCUT2D eigenvalue weighted by Gasteiger charge is -2.44. The average Bonchev–Trinajstić information content (AvgIpc) is 2.80. The second-order valence-electron chi connectivity index (χ2n) is 8.88. The Morgan fingerprint density at radius 2 is 1.41 bits per heavy atom. The Kier molecular flexibility index (Phi) is 9.13. The fourth-order valence-electron chi connectivity index (χ4n) is 5.06. The molecule has 1 aliphatic heterocycles. The first-order chi connectivity index (χ1) is 15.6. The molecule has 0 radical (unpaired) electrons. The van der Waals surface area contributed by atoms with Gasteiger partial charge in [0.15, 0.2) is 0 Å². The third kappa shape index (κ3) is 5.71. The number of ether oxygens (including phenoxy) is 1. The summed E-state index contributed by atoms with van der Waals surface area (Å²) < 4.78 is 13.2. The van der Waals surface area contributed by atoms with E-state index < -0.39 is 5.92 Å². The lowest BCUT2D eigenvalue weighted by Crippen LogP contribution is -2.53. The van der Waals surface area contributed by atoms with Gasteiger partial charge in [0, 0.05) is 11.1 Å². The molecule has 1 aliphatic rings. The van der Waals surface area contributed by atoms with Crippen LogP contribution in [0, 0.1) is 0 Å². The molecule has 1 heterocycles. The average molecular weight is 456 g/mol. The summed E-state index contributed by atoms with van der Waals surface area (Å²) in [4.78, 5) is 13.4. The van der Waals surface area contributed by atoms with Crippen molar-refractivity contribution in [3.05, 3.63) is 59.7 Å². The number of para-hydroxylation sites is 2. The van der Waals surface area contributed by atoms with E-state index in [2.05, 4.69) is 27.7 Å². The second kappa shape index (κ2) is 11.8. The Morgan fingerprint density at radius 1 is 0.906 bits per heavy atom. The van der Waals surface area contributed by atoms with Crippen molar-refractivity contribution in [3.63, 3.8) is 0 Å². The minimum atomic E-state index is -0.442. The monoisotopic (exact) mass is 455 g/mol. The van der Waals surface area contributed by atoms with E-state index in [1.54, 1.807) is 0 Å². The van der Waals surface area contributed by atoms with E-state index in [0.29, 0.717) is 5.66 Å². The summed E-state index contributed by atoms with van der Waals surface area (Å²) in [6.07, 6.45) is 4.56. The summed E-state index contributed by atoms with van der Waals surface area (Å²) in [5.74, 6) is 0.845. The predicted octanol–water partition coefficient (Wildman–Crippen LogP) is 7.15. The molecule has 0 aromatic heterocycles. The van der Waals surface area contributed by atoms with E-state index in [0.717, 1.165) is 48.9 Å². The largest absolute Gasteiger partial charge is 0.644 e. The molecular weight excluding hydrogens is 417 g/mol. The lowest BCUT2D eigenvalue weighted by atomic mass is 9.88. The third-order valence-corrected chi connectivity index (χ3v) is 7.48. The van der Waals surface area contributed by atoms with Crippen LogP contribution in [0.3, 0.4) is 0 Å². The van der Waals surface area contributed by atoms with Gasteiger partial charge in [0.05, 0.1) is 26.2 Å². The maximum absolute atomic E-state index is 13.4. The van der Waals surface area contributed by atoms with E-state index in [4.69, 9.17) is 9.26 Å². The van der Waals surface area contributed by atoms with Crippen LogP contribution in [0.1, 0.15) is 70.4 Å². The molecule has 5 heteroatoms. The first-order valence-corrected chi connectivity index (χ1v) is 13.1. The first kappa shape index (κ1) is 24.7. The number of rotatable bonds is 12. The van der Waals surface area contributed by atoms with Crippen molar-refractivity contribution in [1.82, 2.24) is 0 Å². The standard InChI is InChI=1S/C27H38NO3P/c1-5-17-28(18-6-2,19-7-3)20-21(8-4)32-31-27(29)26-22-13-9-11-15-24(22)30-25-16-12-10-14-23(25)26/h9-16,21,26H,5-8,17-20H2,1-4H3. The number of hydrogen-bond acceptors (Lipinski definition) is 3. The van der Waals surface area contributed by atoms with Crippen molar-refractivity contribution in [2.75, 3.05) is 26.2 Å². The molecule has 0 amide bonds. The van der Waals surface area contributed by atoms with E-state index in [-0.39, 0.29) is 5.97 Å². The molecule has 1 atom stereocenters. The highest BCUT2D eigenvalue weighted by atomic mass is 31.1. The van der Waals surface area contributed by atoms with Gasteiger partial charge in [-0.05, 0) is 31.4 Å². The fourth-order valence-corrected chi connectivity index (χ4v) is 5.98. The summed E-state index contributed by atoms with van der Waals surface area (Å²) in [5, 5.41) is 0. The zero-order chi connectivity index (χ0) is 23.0. The predicted molar refractivity (Wildman–Crippen MR) is 132 cm³/mol. The zero-order valence-electron chi connectivity index (χ0n) is 20.0. The van der Waals surface area contributed by atoms with Gasteiger partial charge in [-0.25, -0.2) is 0 Å². The van der Waals surface area contributed by atoms with Crippen molar-refractivity contribution in [1.29, 1.82) is 0 Å². The van der Waals surface area contributed by atoms with Crippen molar-refractivity contribution in [2.45, 2.75) is 65.0 Å². The van der Waals surface area contributed by atoms with Crippen LogP contribution in [0.5, 0.6) is 11.5 Å². The molecule has 1 unspecified atom stereocenters. The van der Waals surface area contributed by atoms with Crippen molar-refractivity contribution in [3.8, 4) is 11.5 Å². The van der Waals surface area contributed by atoms with Crippen molar-refractivity contribution < 1.29 is 18.5 Å². The highest BCUT2D eigenvalue weighted by molar-refractivity contribution is 7.33. The van der Waals surface area contributed by atoms with Crippen LogP contribution in [-0.4, -0.2) is 42.3 Å². The van der Waals surface area contributed by atoms with E-state index in [1.165, 1.54) is 38.9 Å². The molecule has 0 spiro atoms. The molecule has 0 N–H and O–H groups in total. The number of carbonyl (C=O) groups is 1. The second-order valence-corrected chi connectivity index (χ2v) is 10.0. The van der Waals surface area contributed by atoms with Gasteiger partial charge in [0.1, 0.15) is 17.4 Å². The van der Waals surface area contributed by atoms with Gasteiger partial charge in [0.2, 0.25) is 0 Å². The summed E-state index contributed by atoms with van der Waals surface area (Å²) in [6, 6.07) is 15.6.